The van der Waals surface area contributed by atoms with E-state index in [2.05, 4.69) is 42.0 Å². The van der Waals surface area contributed by atoms with Crippen molar-refractivity contribution in [2.24, 2.45) is 5.92 Å². The van der Waals surface area contributed by atoms with Crippen LogP contribution in [0.2, 0.25) is 0 Å². The fourth-order valence-electron chi connectivity index (χ4n) is 1.54. The highest BCUT2D eigenvalue weighted by Crippen LogP contribution is 2.26. The van der Waals surface area contributed by atoms with E-state index in [9.17, 15) is 4.39 Å². The van der Waals surface area contributed by atoms with E-state index in [-0.39, 0.29) is 11.9 Å². The first-order valence-corrected chi connectivity index (χ1v) is 6.50. The second-order valence-electron chi connectivity index (χ2n) is 4.61. The monoisotopic (exact) mass is 287 g/mol. The largest absolute Gasteiger partial charge is 0.379 e. The molecule has 0 amide bonds. The Kier molecular flexibility index (Phi) is 5.26. The van der Waals surface area contributed by atoms with Crippen LogP contribution in [-0.2, 0) is 0 Å². The van der Waals surface area contributed by atoms with E-state index in [0.29, 0.717) is 11.6 Å². The number of halogens is 2. The molecule has 0 aromatic heterocycles. The minimum absolute atomic E-state index is 0.203. The van der Waals surface area contributed by atoms with Crippen LogP contribution in [0.5, 0.6) is 0 Å². The Hall–Kier alpha value is -0.570. The second kappa shape index (κ2) is 6.24. The number of para-hydroxylation sites is 1. The lowest BCUT2D eigenvalue weighted by molar-refractivity contribution is 0.525. The third-order valence-electron chi connectivity index (χ3n) is 2.53. The molecule has 1 N–H and O–H groups in total. The molecule has 3 heteroatoms. The average molecular weight is 288 g/mol. The summed E-state index contributed by atoms with van der Waals surface area (Å²) in [5.41, 5.74) is 0.568. The van der Waals surface area contributed by atoms with Gasteiger partial charge in [0, 0.05) is 10.5 Å². The molecule has 0 aliphatic carbocycles. The first-order chi connectivity index (χ1) is 7.50. The molecule has 1 unspecified atom stereocenters. The Labute approximate surface area is 106 Å². The van der Waals surface area contributed by atoms with Crippen molar-refractivity contribution in [1.82, 2.24) is 0 Å². The molecule has 0 saturated carbocycles. The molecule has 1 rings (SSSR count). The van der Waals surface area contributed by atoms with Crippen LogP contribution in [0.15, 0.2) is 22.7 Å². The average Bonchev–Trinajstić information content (AvgIpc) is 2.21. The van der Waals surface area contributed by atoms with Crippen molar-refractivity contribution in [2.45, 2.75) is 39.7 Å². The molecule has 0 heterocycles. The predicted octanol–water partition coefficient (Wildman–Crippen LogP) is 4.82. The fraction of sp³-hybridized carbons (Fsp3) is 0.538. The summed E-state index contributed by atoms with van der Waals surface area (Å²) < 4.78 is 14.3. The van der Waals surface area contributed by atoms with E-state index in [4.69, 9.17) is 0 Å². The third kappa shape index (κ3) is 4.12. The summed E-state index contributed by atoms with van der Waals surface area (Å²) >= 11 is 3.35. The molecule has 16 heavy (non-hydrogen) atoms. The normalized spacial score (nSPS) is 12.9. The number of rotatable bonds is 5. The van der Waals surface area contributed by atoms with Crippen LogP contribution in [0.3, 0.4) is 0 Å². The molecule has 1 aromatic carbocycles. The second-order valence-corrected chi connectivity index (χ2v) is 5.47. The molecular weight excluding hydrogens is 269 g/mol. The van der Waals surface area contributed by atoms with Crippen molar-refractivity contribution in [3.63, 3.8) is 0 Å². The number of nitrogens with one attached hydrogen (secondary N) is 1. The standard InChI is InChI=1S/C13H19BrFN/c1-9(2)7-8-10(3)16-13-11(14)5-4-6-12(13)15/h4-6,9-10,16H,7-8H2,1-3H3. The van der Waals surface area contributed by atoms with Crippen molar-refractivity contribution in [1.29, 1.82) is 0 Å². The highest BCUT2D eigenvalue weighted by atomic mass is 79.9. The van der Waals surface area contributed by atoms with Crippen LogP contribution in [0, 0.1) is 11.7 Å². The Balaban J connectivity index is 2.59. The van der Waals surface area contributed by atoms with Gasteiger partial charge in [-0.15, -0.1) is 0 Å². The van der Waals surface area contributed by atoms with Crippen LogP contribution in [0.25, 0.3) is 0 Å². The van der Waals surface area contributed by atoms with Crippen LogP contribution >= 0.6 is 15.9 Å². The van der Waals surface area contributed by atoms with Crippen LogP contribution in [0.4, 0.5) is 10.1 Å². The molecule has 0 aliphatic heterocycles. The van der Waals surface area contributed by atoms with Gasteiger partial charge in [0.2, 0.25) is 0 Å². The van der Waals surface area contributed by atoms with E-state index >= 15 is 0 Å². The maximum atomic E-state index is 13.5. The molecule has 1 nitrogen and oxygen atoms in total. The van der Waals surface area contributed by atoms with Crippen LogP contribution in [-0.4, -0.2) is 6.04 Å². The SMILES string of the molecule is CC(C)CCC(C)Nc1c(F)cccc1Br. The minimum Gasteiger partial charge on any atom is -0.379 e. The number of benzene rings is 1. The molecule has 0 aliphatic rings. The van der Waals surface area contributed by atoms with Gasteiger partial charge >= 0.3 is 0 Å². The first-order valence-electron chi connectivity index (χ1n) is 5.71. The number of anilines is 1. The van der Waals surface area contributed by atoms with Gasteiger partial charge in [0.15, 0.2) is 0 Å². The van der Waals surface area contributed by atoms with Gasteiger partial charge < -0.3 is 5.32 Å². The van der Waals surface area contributed by atoms with Crippen LogP contribution in [0.1, 0.15) is 33.6 Å². The summed E-state index contributed by atoms with van der Waals surface area (Å²) in [6.07, 6.45) is 2.21. The van der Waals surface area contributed by atoms with Gasteiger partial charge in [-0.2, -0.15) is 0 Å². The van der Waals surface area contributed by atoms with E-state index in [0.717, 1.165) is 17.3 Å². The fourth-order valence-corrected chi connectivity index (χ4v) is 1.99. The van der Waals surface area contributed by atoms with Gasteiger partial charge in [-0.1, -0.05) is 19.9 Å². The highest BCUT2D eigenvalue weighted by molar-refractivity contribution is 9.10. The maximum absolute atomic E-state index is 13.5. The van der Waals surface area contributed by atoms with E-state index < -0.39 is 0 Å². The minimum atomic E-state index is -0.203. The maximum Gasteiger partial charge on any atom is 0.147 e. The van der Waals surface area contributed by atoms with Gasteiger partial charge in [-0.05, 0) is 53.7 Å². The number of hydrogen-bond acceptors (Lipinski definition) is 1. The molecule has 90 valence electrons. The predicted molar refractivity (Wildman–Crippen MR) is 71.3 cm³/mol. The van der Waals surface area contributed by atoms with Gasteiger partial charge in [-0.25, -0.2) is 4.39 Å². The third-order valence-corrected chi connectivity index (χ3v) is 3.19. The zero-order valence-electron chi connectivity index (χ0n) is 10.1. The van der Waals surface area contributed by atoms with Gasteiger partial charge in [0.1, 0.15) is 5.82 Å². The highest BCUT2D eigenvalue weighted by Gasteiger charge is 2.09. The number of hydrogen-bond donors (Lipinski definition) is 1. The Morgan fingerprint density at radius 2 is 1.94 bits per heavy atom. The quantitative estimate of drug-likeness (QED) is 0.818. The van der Waals surface area contributed by atoms with E-state index in [1.165, 1.54) is 6.07 Å². The lowest BCUT2D eigenvalue weighted by Crippen LogP contribution is -2.17. The molecule has 0 saturated heterocycles. The van der Waals surface area contributed by atoms with Crippen molar-refractivity contribution >= 4 is 21.6 Å². The molecule has 0 spiro atoms. The smallest absolute Gasteiger partial charge is 0.147 e. The molecule has 1 aromatic rings. The summed E-state index contributed by atoms with van der Waals surface area (Å²) in [6, 6.07) is 5.31. The van der Waals surface area contributed by atoms with Crippen molar-refractivity contribution in [3.05, 3.63) is 28.5 Å². The molecule has 0 bridgehead atoms. The van der Waals surface area contributed by atoms with E-state index in [1.807, 2.05) is 6.07 Å². The summed E-state index contributed by atoms with van der Waals surface area (Å²) in [5, 5.41) is 3.21. The summed E-state index contributed by atoms with van der Waals surface area (Å²) in [5.74, 6) is 0.485. The zero-order valence-corrected chi connectivity index (χ0v) is 11.6. The molecular formula is C13H19BrFN. The Bertz CT molecular complexity index is 318. The van der Waals surface area contributed by atoms with Crippen molar-refractivity contribution in [3.8, 4) is 0 Å². The van der Waals surface area contributed by atoms with Crippen molar-refractivity contribution in [2.75, 3.05) is 5.32 Å². The lowest BCUT2D eigenvalue weighted by atomic mass is 10.0. The first kappa shape index (κ1) is 13.5. The van der Waals surface area contributed by atoms with Gasteiger partial charge in [0.25, 0.3) is 0 Å². The summed E-state index contributed by atoms with van der Waals surface area (Å²) in [7, 11) is 0. The van der Waals surface area contributed by atoms with E-state index in [1.54, 1.807) is 6.07 Å². The lowest BCUT2D eigenvalue weighted by Gasteiger charge is -2.17. The van der Waals surface area contributed by atoms with Gasteiger partial charge in [-0.3, -0.25) is 0 Å². The summed E-state index contributed by atoms with van der Waals surface area (Å²) in [6.45, 7) is 6.48. The zero-order chi connectivity index (χ0) is 12.1. The Morgan fingerprint density at radius 1 is 1.25 bits per heavy atom. The Morgan fingerprint density at radius 3 is 2.50 bits per heavy atom. The summed E-state index contributed by atoms with van der Waals surface area (Å²) in [4.78, 5) is 0. The van der Waals surface area contributed by atoms with Crippen LogP contribution < -0.4 is 5.32 Å². The van der Waals surface area contributed by atoms with Crippen molar-refractivity contribution < 1.29 is 4.39 Å². The van der Waals surface area contributed by atoms with Gasteiger partial charge in [0.05, 0.1) is 5.69 Å². The molecule has 1 atom stereocenters. The molecule has 0 fully saturated rings. The molecule has 0 radical (unpaired) electrons. The topological polar surface area (TPSA) is 12.0 Å².